The summed E-state index contributed by atoms with van der Waals surface area (Å²) in [7, 11) is 0. The highest BCUT2D eigenvalue weighted by molar-refractivity contribution is 7.14. The van der Waals surface area contributed by atoms with Gasteiger partial charge in [0.15, 0.2) is 0 Å². The number of nitrogens with zero attached hydrogens (tertiary/aromatic N) is 5. The molecule has 2 N–H and O–H groups in total. The maximum atomic E-state index is 15.1. The van der Waals surface area contributed by atoms with Gasteiger partial charge in [0.05, 0.1) is 10.9 Å². The number of nitrogens with one attached hydrogen (secondary N) is 2. The van der Waals surface area contributed by atoms with Crippen LogP contribution in [0, 0.1) is 12.7 Å². The lowest BCUT2D eigenvalue weighted by Crippen LogP contribution is -2.39. The first-order chi connectivity index (χ1) is 14.4. The predicted octanol–water partition coefficient (Wildman–Crippen LogP) is 4.43. The molecule has 0 spiro atoms. The molecule has 1 fully saturated rings. The second kappa shape index (κ2) is 8.47. The number of aryl methyl sites for hydroxylation is 1. The Labute approximate surface area is 177 Å². The number of halogens is 1. The van der Waals surface area contributed by atoms with Gasteiger partial charge in [-0.15, -0.1) is 10.2 Å². The van der Waals surface area contributed by atoms with E-state index in [1.54, 1.807) is 11.0 Å². The molecule has 2 aromatic heterocycles. The Morgan fingerprint density at radius 3 is 2.60 bits per heavy atom. The molecule has 1 aliphatic heterocycles. The summed E-state index contributed by atoms with van der Waals surface area (Å²) in [5, 5.41) is 15.7. The molecule has 1 saturated heterocycles. The SMILES string of the molecule is Cc1nnc(-c2cc(F)c3c(NC(C)C)nc(NC(=O)N4CCCCC4)nc3c2)s1. The molecule has 1 aromatic carbocycles. The molecular weight excluding hydrogens is 405 g/mol. The molecule has 3 aromatic rings. The van der Waals surface area contributed by atoms with Gasteiger partial charge in [-0.25, -0.2) is 14.2 Å². The fraction of sp³-hybridized carbons (Fsp3) is 0.450. The Balaban J connectivity index is 1.75. The molecule has 0 aliphatic carbocycles. The van der Waals surface area contributed by atoms with Crippen molar-refractivity contribution in [2.75, 3.05) is 23.7 Å². The van der Waals surface area contributed by atoms with Crippen LogP contribution in [0.3, 0.4) is 0 Å². The van der Waals surface area contributed by atoms with Gasteiger partial charge in [-0.1, -0.05) is 11.3 Å². The van der Waals surface area contributed by atoms with Gasteiger partial charge >= 0.3 is 6.03 Å². The zero-order valence-electron chi connectivity index (χ0n) is 17.2. The minimum atomic E-state index is -0.451. The van der Waals surface area contributed by atoms with Crippen LogP contribution in [0.2, 0.25) is 0 Å². The molecule has 1 aliphatic rings. The molecule has 0 bridgehead atoms. The first-order valence-electron chi connectivity index (χ1n) is 10.0. The van der Waals surface area contributed by atoms with Crippen LogP contribution >= 0.6 is 11.3 Å². The van der Waals surface area contributed by atoms with Crippen molar-refractivity contribution in [1.29, 1.82) is 0 Å². The van der Waals surface area contributed by atoms with Crippen LogP contribution in [-0.4, -0.2) is 50.2 Å². The summed E-state index contributed by atoms with van der Waals surface area (Å²) in [6.07, 6.45) is 3.11. The van der Waals surface area contributed by atoms with Crippen molar-refractivity contribution >= 4 is 40.0 Å². The number of amides is 2. The Morgan fingerprint density at radius 2 is 1.93 bits per heavy atom. The normalized spacial score (nSPS) is 14.4. The number of carbonyl (C=O) groups excluding carboxylic acids is 1. The van der Waals surface area contributed by atoms with E-state index in [0.717, 1.165) is 24.3 Å². The maximum Gasteiger partial charge on any atom is 0.324 e. The number of aromatic nitrogens is 4. The second-order valence-corrected chi connectivity index (χ2v) is 8.83. The van der Waals surface area contributed by atoms with Crippen molar-refractivity contribution in [2.24, 2.45) is 0 Å². The van der Waals surface area contributed by atoms with Crippen molar-refractivity contribution < 1.29 is 9.18 Å². The molecule has 0 radical (unpaired) electrons. The molecule has 4 rings (SSSR count). The van der Waals surface area contributed by atoms with E-state index in [1.165, 1.54) is 17.4 Å². The van der Waals surface area contributed by atoms with Gasteiger partial charge in [0, 0.05) is 24.7 Å². The topological polar surface area (TPSA) is 95.9 Å². The monoisotopic (exact) mass is 429 g/mol. The summed E-state index contributed by atoms with van der Waals surface area (Å²) >= 11 is 1.38. The largest absolute Gasteiger partial charge is 0.367 e. The predicted molar refractivity (Wildman–Crippen MR) is 116 cm³/mol. The van der Waals surface area contributed by atoms with Crippen LogP contribution in [0.25, 0.3) is 21.5 Å². The Hall–Kier alpha value is -2.88. The average molecular weight is 430 g/mol. The van der Waals surface area contributed by atoms with Gasteiger partial charge in [-0.05, 0) is 52.2 Å². The van der Waals surface area contributed by atoms with Crippen molar-refractivity contribution in [3.63, 3.8) is 0 Å². The Bertz CT molecular complexity index is 1080. The number of carbonyl (C=O) groups is 1. The van der Waals surface area contributed by atoms with E-state index < -0.39 is 5.82 Å². The highest BCUT2D eigenvalue weighted by Crippen LogP contribution is 2.32. The zero-order valence-corrected chi connectivity index (χ0v) is 18.0. The highest BCUT2D eigenvalue weighted by Gasteiger charge is 2.20. The average Bonchev–Trinajstić information content (AvgIpc) is 3.14. The van der Waals surface area contributed by atoms with E-state index in [0.29, 0.717) is 35.0 Å². The van der Waals surface area contributed by atoms with Crippen molar-refractivity contribution in [1.82, 2.24) is 25.1 Å². The quantitative estimate of drug-likeness (QED) is 0.637. The van der Waals surface area contributed by atoms with Crippen LogP contribution in [0.5, 0.6) is 0 Å². The lowest BCUT2D eigenvalue weighted by Gasteiger charge is -2.26. The van der Waals surface area contributed by atoms with E-state index in [2.05, 4.69) is 30.8 Å². The molecule has 0 unspecified atom stereocenters. The van der Waals surface area contributed by atoms with Gasteiger partial charge in [0.2, 0.25) is 5.95 Å². The molecular formula is C20H24FN7OS. The number of urea groups is 1. The zero-order chi connectivity index (χ0) is 21.3. The number of hydrogen-bond acceptors (Lipinski definition) is 7. The molecule has 3 heterocycles. The van der Waals surface area contributed by atoms with Crippen LogP contribution in [0.4, 0.5) is 21.0 Å². The summed E-state index contributed by atoms with van der Waals surface area (Å²) in [6.45, 7) is 7.16. The smallest absolute Gasteiger partial charge is 0.324 e. The van der Waals surface area contributed by atoms with Crippen LogP contribution < -0.4 is 10.6 Å². The summed E-state index contributed by atoms with van der Waals surface area (Å²) in [4.78, 5) is 23.2. The fourth-order valence-electron chi connectivity index (χ4n) is 3.46. The Morgan fingerprint density at radius 1 is 1.17 bits per heavy atom. The van der Waals surface area contributed by atoms with Gasteiger partial charge in [0.1, 0.15) is 21.7 Å². The van der Waals surface area contributed by atoms with E-state index in [9.17, 15) is 4.79 Å². The van der Waals surface area contributed by atoms with Gasteiger partial charge in [-0.2, -0.15) is 4.98 Å². The van der Waals surface area contributed by atoms with Gasteiger partial charge in [-0.3, -0.25) is 5.32 Å². The lowest BCUT2D eigenvalue weighted by atomic mass is 10.1. The molecule has 0 atom stereocenters. The number of piperidine rings is 1. The van der Waals surface area contributed by atoms with E-state index in [1.807, 2.05) is 20.8 Å². The summed E-state index contributed by atoms with van der Waals surface area (Å²) in [5.74, 6) is 0.0417. The lowest BCUT2D eigenvalue weighted by molar-refractivity contribution is 0.200. The number of likely N-dealkylation sites (tertiary alicyclic amines) is 1. The number of fused-ring (bicyclic) bond motifs is 1. The third-order valence-electron chi connectivity index (χ3n) is 4.81. The molecule has 8 nitrogen and oxygen atoms in total. The minimum Gasteiger partial charge on any atom is -0.367 e. The molecule has 30 heavy (non-hydrogen) atoms. The second-order valence-electron chi connectivity index (χ2n) is 7.65. The summed E-state index contributed by atoms with van der Waals surface area (Å²) in [5.41, 5.74) is 0.984. The van der Waals surface area contributed by atoms with Crippen LogP contribution in [-0.2, 0) is 0 Å². The van der Waals surface area contributed by atoms with Crippen LogP contribution in [0.15, 0.2) is 12.1 Å². The number of hydrogen-bond donors (Lipinski definition) is 2. The van der Waals surface area contributed by atoms with E-state index in [4.69, 9.17) is 0 Å². The Kier molecular flexibility index (Phi) is 5.76. The third-order valence-corrected chi connectivity index (χ3v) is 5.70. The number of benzene rings is 1. The molecule has 158 valence electrons. The maximum absolute atomic E-state index is 15.1. The summed E-state index contributed by atoms with van der Waals surface area (Å²) < 4.78 is 15.1. The van der Waals surface area contributed by atoms with Gasteiger partial charge in [0.25, 0.3) is 0 Å². The first-order valence-corrected chi connectivity index (χ1v) is 10.9. The van der Waals surface area contributed by atoms with E-state index >= 15 is 4.39 Å². The number of rotatable bonds is 4. The van der Waals surface area contributed by atoms with Crippen molar-refractivity contribution in [2.45, 2.75) is 46.1 Å². The molecule has 10 heteroatoms. The van der Waals surface area contributed by atoms with Gasteiger partial charge < -0.3 is 10.2 Å². The first kappa shape index (κ1) is 20.4. The number of anilines is 2. The van der Waals surface area contributed by atoms with E-state index in [-0.39, 0.29) is 23.4 Å². The fourth-order valence-corrected chi connectivity index (χ4v) is 4.14. The highest BCUT2D eigenvalue weighted by atomic mass is 32.1. The van der Waals surface area contributed by atoms with Crippen molar-refractivity contribution in [3.05, 3.63) is 23.0 Å². The third kappa shape index (κ3) is 4.33. The summed E-state index contributed by atoms with van der Waals surface area (Å²) in [6, 6.07) is 2.96. The van der Waals surface area contributed by atoms with Crippen LogP contribution in [0.1, 0.15) is 38.1 Å². The minimum absolute atomic E-state index is 0.0265. The standard InChI is InChI=1S/C20H24FN7OS/c1-11(2)22-17-16-14(21)9-13(18-27-26-12(3)30-18)10-15(16)23-19(24-17)25-20(29)28-7-5-4-6-8-28/h9-11H,4-8H2,1-3H3,(H2,22,23,24,25,29). The van der Waals surface area contributed by atoms with Crippen molar-refractivity contribution in [3.8, 4) is 10.6 Å². The molecule has 2 amide bonds. The molecule has 0 saturated carbocycles.